The summed E-state index contributed by atoms with van der Waals surface area (Å²) < 4.78 is 5.18. The summed E-state index contributed by atoms with van der Waals surface area (Å²) in [6.07, 6.45) is 1.61. The normalized spacial score (nSPS) is 12.7. The number of nitriles is 1. The number of aryl methyl sites for hydroxylation is 1. The Balaban J connectivity index is 2.38. The van der Waals surface area contributed by atoms with E-state index in [1.54, 1.807) is 6.26 Å². The standard InChI is InChI=1S/C10H15N3OS/c1-7(2)12-9(4-11)6-15-10-13-8(3)5-14-10/h5,7,9,12H,6H2,1-3H3. The summed E-state index contributed by atoms with van der Waals surface area (Å²) >= 11 is 1.45. The molecule has 0 aliphatic carbocycles. The van der Waals surface area contributed by atoms with Crippen molar-refractivity contribution in [1.29, 1.82) is 5.26 Å². The molecule has 0 saturated heterocycles. The van der Waals surface area contributed by atoms with Gasteiger partial charge >= 0.3 is 0 Å². The van der Waals surface area contributed by atoms with Gasteiger partial charge in [-0.2, -0.15) is 5.26 Å². The molecule has 1 heterocycles. The lowest BCUT2D eigenvalue weighted by Gasteiger charge is -2.12. The fourth-order valence-corrected chi connectivity index (χ4v) is 1.88. The Hall–Kier alpha value is -0.990. The first-order chi connectivity index (χ1) is 7.11. The van der Waals surface area contributed by atoms with Crippen LogP contribution in [0.2, 0.25) is 0 Å². The fraction of sp³-hybridized carbons (Fsp3) is 0.600. The second kappa shape index (κ2) is 5.79. The van der Waals surface area contributed by atoms with E-state index in [1.165, 1.54) is 11.8 Å². The van der Waals surface area contributed by atoms with Gasteiger partial charge in [0.2, 0.25) is 0 Å². The van der Waals surface area contributed by atoms with E-state index >= 15 is 0 Å². The average Bonchev–Trinajstić information content (AvgIpc) is 2.58. The monoisotopic (exact) mass is 225 g/mol. The maximum atomic E-state index is 8.88. The van der Waals surface area contributed by atoms with Crippen molar-refractivity contribution < 1.29 is 4.42 Å². The van der Waals surface area contributed by atoms with E-state index in [0.717, 1.165) is 5.69 Å². The van der Waals surface area contributed by atoms with Gasteiger partial charge in [-0.1, -0.05) is 11.8 Å². The lowest BCUT2D eigenvalue weighted by molar-refractivity contribution is 0.453. The first kappa shape index (κ1) is 12.1. The highest BCUT2D eigenvalue weighted by Gasteiger charge is 2.11. The second-order valence-electron chi connectivity index (χ2n) is 3.57. The van der Waals surface area contributed by atoms with Crippen LogP contribution in [0, 0.1) is 18.3 Å². The van der Waals surface area contributed by atoms with Gasteiger partial charge in [0.25, 0.3) is 5.22 Å². The predicted molar refractivity (Wildman–Crippen MR) is 59.6 cm³/mol. The third-order valence-electron chi connectivity index (χ3n) is 1.66. The summed E-state index contributed by atoms with van der Waals surface area (Å²) in [6.45, 7) is 5.91. The quantitative estimate of drug-likeness (QED) is 0.776. The van der Waals surface area contributed by atoms with Crippen LogP contribution in [0.25, 0.3) is 0 Å². The lowest BCUT2D eigenvalue weighted by Crippen LogP contribution is -2.35. The van der Waals surface area contributed by atoms with Crippen LogP contribution in [0.3, 0.4) is 0 Å². The molecule has 0 amide bonds. The van der Waals surface area contributed by atoms with E-state index in [4.69, 9.17) is 9.68 Å². The van der Waals surface area contributed by atoms with Gasteiger partial charge in [0.1, 0.15) is 12.3 Å². The van der Waals surface area contributed by atoms with Crippen molar-refractivity contribution in [2.75, 3.05) is 5.75 Å². The summed E-state index contributed by atoms with van der Waals surface area (Å²) in [4.78, 5) is 4.16. The molecular weight excluding hydrogens is 210 g/mol. The Labute approximate surface area is 94.1 Å². The van der Waals surface area contributed by atoms with Crippen LogP contribution in [0.1, 0.15) is 19.5 Å². The van der Waals surface area contributed by atoms with Crippen LogP contribution in [0.4, 0.5) is 0 Å². The fourth-order valence-electron chi connectivity index (χ4n) is 1.08. The molecule has 82 valence electrons. The molecule has 5 heteroatoms. The van der Waals surface area contributed by atoms with Crippen molar-refractivity contribution in [2.45, 2.75) is 38.1 Å². The van der Waals surface area contributed by atoms with Gasteiger partial charge in [0.05, 0.1) is 11.8 Å². The topological polar surface area (TPSA) is 61.9 Å². The van der Waals surface area contributed by atoms with Gasteiger partial charge in [-0.3, -0.25) is 5.32 Å². The number of rotatable bonds is 5. The Morgan fingerprint density at radius 1 is 1.67 bits per heavy atom. The Bertz CT molecular complexity index is 343. The molecular formula is C10H15N3OS. The molecule has 1 atom stereocenters. The molecule has 1 aromatic rings. The molecule has 0 radical (unpaired) electrons. The Kier molecular flexibility index (Phi) is 4.66. The molecule has 0 saturated carbocycles. The summed E-state index contributed by atoms with van der Waals surface area (Å²) in [5, 5.41) is 12.7. The highest BCUT2D eigenvalue weighted by atomic mass is 32.2. The predicted octanol–water partition coefficient (Wildman–Crippen LogP) is 1.97. The van der Waals surface area contributed by atoms with E-state index in [2.05, 4.69) is 16.4 Å². The van der Waals surface area contributed by atoms with Crippen molar-refractivity contribution >= 4 is 11.8 Å². The highest BCUT2D eigenvalue weighted by Crippen LogP contribution is 2.17. The van der Waals surface area contributed by atoms with Crippen molar-refractivity contribution in [3.63, 3.8) is 0 Å². The number of hydrogen-bond donors (Lipinski definition) is 1. The number of aromatic nitrogens is 1. The first-order valence-electron chi connectivity index (χ1n) is 4.82. The van der Waals surface area contributed by atoms with E-state index < -0.39 is 0 Å². The maximum Gasteiger partial charge on any atom is 0.255 e. The molecule has 0 aliphatic rings. The third-order valence-corrected chi connectivity index (χ3v) is 2.60. The minimum atomic E-state index is -0.165. The lowest BCUT2D eigenvalue weighted by atomic mass is 10.3. The smallest absolute Gasteiger partial charge is 0.255 e. The van der Waals surface area contributed by atoms with E-state index in [1.807, 2.05) is 20.8 Å². The molecule has 15 heavy (non-hydrogen) atoms. The van der Waals surface area contributed by atoms with E-state index in [9.17, 15) is 0 Å². The van der Waals surface area contributed by atoms with Crippen molar-refractivity contribution in [1.82, 2.24) is 10.3 Å². The van der Waals surface area contributed by atoms with E-state index in [-0.39, 0.29) is 6.04 Å². The Morgan fingerprint density at radius 3 is 2.87 bits per heavy atom. The molecule has 1 unspecified atom stereocenters. The van der Waals surface area contributed by atoms with E-state index in [0.29, 0.717) is 17.0 Å². The zero-order valence-corrected chi connectivity index (χ0v) is 9.97. The third kappa shape index (κ3) is 4.36. The summed E-state index contributed by atoms with van der Waals surface area (Å²) in [7, 11) is 0. The van der Waals surface area contributed by atoms with Gasteiger partial charge in [-0.15, -0.1) is 0 Å². The maximum absolute atomic E-state index is 8.88. The van der Waals surface area contributed by atoms with Crippen molar-refractivity contribution in [2.24, 2.45) is 0 Å². The molecule has 0 spiro atoms. The van der Waals surface area contributed by atoms with Gasteiger partial charge in [0, 0.05) is 11.8 Å². The largest absolute Gasteiger partial charge is 0.440 e. The molecule has 1 N–H and O–H groups in total. The molecule has 0 fully saturated rings. The van der Waals surface area contributed by atoms with Crippen LogP contribution in [-0.4, -0.2) is 22.8 Å². The molecule has 0 aromatic carbocycles. The number of nitrogens with one attached hydrogen (secondary N) is 1. The van der Waals surface area contributed by atoms with Crippen molar-refractivity contribution in [3.8, 4) is 6.07 Å². The zero-order valence-electron chi connectivity index (χ0n) is 9.15. The minimum absolute atomic E-state index is 0.165. The number of hydrogen-bond acceptors (Lipinski definition) is 5. The number of nitrogens with zero attached hydrogens (tertiary/aromatic N) is 2. The minimum Gasteiger partial charge on any atom is -0.440 e. The molecule has 1 aromatic heterocycles. The van der Waals surface area contributed by atoms with Crippen LogP contribution in [0.5, 0.6) is 0 Å². The van der Waals surface area contributed by atoms with Crippen LogP contribution < -0.4 is 5.32 Å². The average molecular weight is 225 g/mol. The van der Waals surface area contributed by atoms with Crippen LogP contribution in [-0.2, 0) is 0 Å². The Morgan fingerprint density at radius 2 is 2.40 bits per heavy atom. The molecule has 1 rings (SSSR count). The molecule has 0 aliphatic heterocycles. The highest BCUT2D eigenvalue weighted by molar-refractivity contribution is 7.99. The van der Waals surface area contributed by atoms with Gasteiger partial charge in [-0.25, -0.2) is 4.98 Å². The van der Waals surface area contributed by atoms with Crippen molar-refractivity contribution in [3.05, 3.63) is 12.0 Å². The summed E-state index contributed by atoms with van der Waals surface area (Å²) in [5.41, 5.74) is 0.864. The van der Waals surface area contributed by atoms with Gasteiger partial charge in [0.15, 0.2) is 0 Å². The van der Waals surface area contributed by atoms with Gasteiger partial charge < -0.3 is 4.42 Å². The summed E-state index contributed by atoms with van der Waals surface area (Å²) in [6, 6.07) is 2.35. The van der Waals surface area contributed by atoms with Crippen LogP contribution >= 0.6 is 11.8 Å². The number of oxazole rings is 1. The van der Waals surface area contributed by atoms with Gasteiger partial charge in [-0.05, 0) is 20.8 Å². The number of thioether (sulfide) groups is 1. The first-order valence-corrected chi connectivity index (χ1v) is 5.81. The summed E-state index contributed by atoms with van der Waals surface area (Å²) in [5.74, 6) is 0.647. The zero-order chi connectivity index (χ0) is 11.3. The van der Waals surface area contributed by atoms with Crippen LogP contribution in [0.15, 0.2) is 15.9 Å². The second-order valence-corrected chi connectivity index (χ2v) is 4.54. The molecule has 0 bridgehead atoms. The SMILES string of the molecule is Cc1coc(SCC(C#N)NC(C)C)n1. The molecule has 4 nitrogen and oxygen atoms in total.